The molecule has 1 N–H and O–H groups in total. The van der Waals surface area contributed by atoms with E-state index in [0.717, 1.165) is 19.0 Å². The van der Waals surface area contributed by atoms with Gasteiger partial charge in [-0.15, -0.1) is 0 Å². The third kappa shape index (κ3) is 1.74. The van der Waals surface area contributed by atoms with Crippen molar-refractivity contribution in [3.63, 3.8) is 0 Å². The van der Waals surface area contributed by atoms with E-state index in [9.17, 15) is 8.78 Å². The van der Waals surface area contributed by atoms with Gasteiger partial charge in [0.05, 0.1) is 5.02 Å². The van der Waals surface area contributed by atoms with E-state index in [0.29, 0.717) is 12.1 Å². The lowest BCUT2D eigenvalue weighted by Gasteiger charge is -2.10. The zero-order chi connectivity index (χ0) is 10.1. The van der Waals surface area contributed by atoms with E-state index in [2.05, 4.69) is 5.32 Å². The summed E-state index contributed by atoms with van der Waals surface area (Å²) in [6.45, 7) is 1.56. The lowest BCUT2D eigenvalue weighted by molar-refractivity contribution is 0.568. The number of halogens is 3. The van der Waals surface area contributed by atoms with Crippen LogP contribution in [0, 0.1) is 11.6 Å². The second kappa shape index (κ2) is 3.83. The molecule has 0 aliphatic carbocycles. The topological polar surface area (TPSA) is 12.0 Å². The summed E-state index contributed by atoms with van der Waals surface area (Å²) in [4.78, 5) is 0. The smallest absolute Gasteiger partial charge is 0.142 e. The normalized spacial score (nSPS) is 21.5. The highest BCUT2D eigenvalue weighted by atomic mass is 35.5. The first-order valence-electron chi connectivity index (χ1n) is 4.53. The van der Waals surface area contributed by atoms with Crippen molar-refractivity contribution in [2.75, 3.05) is 13.1 Å². The van der Waals surface area contributed by atoms with Gasteiger partial charge in [-0.25, -0.2) is 8.78 Å². The Morgan fingerprint density at radius 1 is 1.29 bits per heavy atom. The van der Waals surface area contributed by atoms with Crippen LogP contribution in [-0.2, 0) is 0 Å². The van der Waals surface area contributed by atoms with E-state index < -0.39 is 11.6 Å². The fraction of sp³-hybridized carbons (Fsp3) is 0.400. The van der Waals surface area contributed by atoms with E-state index >= 15 is 0 Å². The minimum Gasteiger partial charge on any atom is -0.316 e. The maximum atomic E-state index is 13.4. The second-order valence-corrected chi connectivity index (χ2v) is 3.88. The van der Waals surface area contributed by atoms with Gasteiger partial charge in [-0.05, 0) is 30.7 Å². The quantitative estimate of drug-likeness (QED) is 0.714. The van der Waals surface area contributed by atoms with Crippen molar-refractivity contribution in [1.82, 2.24) is 5.32 Å². The summed E-state index contributed by atoms with van der Waals surface area (Å²) in [6.07, 6.45) is 0.845. The maximum Gasteiger partial charge on any atom is 0.142 e. The SMILES string of the molecule is Fc1cc(C2CCNC2)c(F)cc1Cl. The molecule has 0 amide bonds. The minimum atomic E-state index is -0.546. The van der Waals surface area contributed by atoms with Gasteiger partial charge in [0.25, 0.3) is 0 Å². The predicted octanol–water partition coefficient (Wildman–Crippen LogP) is 2.70. The zero-order valence-electron chi connectivity index (χ0n) is 7.49. The number of benzene rings is 1. The molecular weight excluding hydrogens is 208 g/mol. The summed E-state index contributed by atoms with van der Waals surface area (Å²) in [5.41, 5.74) is 0.428. The highest BCUT2D eigenvalue weighted by molar-refractivity contribution is 6.30. The summed E-state index contributed by atoms with van der Waals surface area (Å²) in [6, 6.07) is 2.25. The van der Waals surface area contributed by atoms with Crippen LogP contribution in [0.4, 0.5) is 8.78 Å². The first-order chi connectivity index (χ1) is 6.68. The molecule has 4 heteroatoms. The van der Waals surface area contributed by atoms with E-state index in [1.165, 1.54) is 6.07 Å². The molecule has 1 aliphatic rings. The molecule has 2 rings (SSSR count). The Hall–Kier alpha value is -0.670. The van der Waals surface area contributed by atoms with Crippen LogP contribution >= 0.6 is 11.6 Å². The monoisotopic (exact) mass is 217 g/mol. The molecule has 0 aromatic heterocycles. The molecule has 76 valence electrons. The van der Waals surface area contributed by atoms with Crippen LogP contribution in [0.1, 0.15) is 17.9 Å². The molecule has 1 aliphatic heterocycles. The molecule has 0 spiro atoms. The van der Waals surface area contributed by atoms with E-state index in [4.69, 9.17) is 11.6 Å². The molecular formula is C10H10ClF2N. The van der Waals surface area contributed by atoms with Crippen molar-refractivity contribution in [3.05, 3.63) is 34.4 Å². The van der Waals surface area contributed by atoms with Crippen molar-refractivity contribution in [2.24, 2.45) is 0 Å². The summed E-state index contributed by atoms with van der Waals surface area (Å²) in [7, 11) is 0. The molecule has 0 radical (unpaired) electrons. The fourth-order valence-electron chi connectivity index (χ4n) is 1.77. The van der Waals surface area contributed by atoms with Crippen LogP contribution < -0.4 is 5.32 Å². The van der Waals surface area contributed by atoms with Gasteiger partial charge >= 0.3 is 0 Å². The highest BCUT2D eigenvalue weighted by Crippen LogP contribution is 2.28. The molecule has 0 saturated carbocycles. The molecule has 1 heterocycles. The van der Waals surface area contributed by atoms with Crippen molar-refractivity contribution in [3.8, 4) is 0 Å². The average Bonchev–Trinajstić information content (AvgIpc) is 2.64. The van der Waals surface area contributed by atoms with Gasteiger partial charge in [-0.1, -0.05) is 11.6 Å². The Morgan fingerprint density at radius 2 is 2.07 bits per heavy atom. The molecule has 1 nitrogen and oxygen atoms in total. The van der Waals surface area contributed by atoms with E-state index in [-0.39, 0.29) is 10.9 Å². The van der Waals surface area contributed by atoms with Crippen molar-refractivity contribution >= 4 is 11.6 Å². The van der Waals surface area contributed by atoms with Crippen LogP contribution in [0.2, 0.25) is 5.02 Å². The maximum absolute atomic E-state index is 13.4. The minimum absolute atomic E-state index is 0.0711. The van der Waals surface area contributed by atoms with Gasteiger partial charge < -0.3 is 5.32 Å². The Kier molecular flexibility index (Phi) is 2.70. The zero-order valence-corrected chi connectivity index (χ0v) is 8.24. The lowest BCUT2D eigenvalue weighted by atomic mass is 9.98. The van der Waals surface area contributed by atoms with Crippen LogP contribution in [0.25, 0.3) is 0 Å². The standard InChI is InChI=1S/C10H10ClF2N/c11-8-4-9(12)7(3-10(8)13)6-1-2-14-5-6/h3-4,6,14H,1-2,5H2. The van der Waals surface area contributed by atoms with Gasteiger partial charge in [0.15, 0.2) is 0 Å². The summed E-state index contributed by atoms with van der Waals surface area (Å²) >= 11 is 5.46. The van der Waals surface area contributed by atoms with Crippen LogP contribution in [0.3, 0.4) is 0 Å². The molecule has 0 bridgehead atoms. The first kappa shape index (κ1) is 9.87. The number of nitrogens with one attached hydrogen (secondary N) is 1. The summed E-state index contributed by atoms with van der Waals surface area (Å²) in [5, 5.41) is 2.95. The Labute approximate surface area is 86.1 Å². The molecule has 14 heavy (non-hydrogen) atoms. The predicted molar refractivity (Wildman–Crippen MR) is 51.6 cm³/mol. The van der Waals surface area contributed by atoms with Crippen LogP contribution in [0.5, 0.6) is 0 Å². The summed E-state index contributed by atoms with van der Waals surface area (Å²) in [5.74, 6) is -0.887. The molecule has 1 aromatic rings. The van der Waals surface area contributed by atoms with Gasteiger partial charge in [0.1, 0.15) is 11.6 Å². The van der Waals surface area contributed by atoms with Crippen LogP contribution in [-0.4, -0.2) is 13.1 Å². The third-order valence-corrected chi connectivity index (χ3v) is 2.83. The Bertz CT molecular complexity index is 348. The molecule has 1 unspecified atom stereocenters. The highest BCUT2D eigenvalue weighted by Gasteiger charge is 2.21. The Balaban J connectivity index is 2.37. The second-order valence-electron chi connectivity index (χ2n) is 3.48. The van der Waals surface area contributed by atoms with E-state index in [1.807, 2.05) is 0 Å². The van der Waals surface area contributed by atoms with Crippen molar-refractivity contribution in [2.45, 2.75) is 12.3 Å². The van der Waals surface area contributed by atoms with Gasteiger partial charge in [0.2, 0.25) is 0 Å². The van der Waals surface area contributed by atoms with Crippen molar-refractivity contribution in [1.29, 1.82) is 0 Å². The molecule has 1 aromatic carbocycles. The number of hydrogen-bond donors (Lipinski definition) is 1. The van der Waals surface area contributed by atoms with Crippen molar-refractivity contribution < 1.29 is 8.78 Å². The van der Waals surface area contributed by atoms with Crippen LogP contribution in [0.15, 0.2) is 12.1 Å². The first-order valence-corrected chi connectivity index (χ1v) is 4.91. The summed E-state index contributed by atoms with van der Waals surface area (Å²) < 4.78 is 26.5. The lowest BCUT2D eigenvalue weighted by Crippen LogP contribution is -2.09. The fourth-order valence-corrected chi connectivity index (χ4v) is 1.92. The number of rotatable bonds is 1. The molecule has 1 saturated heterocycles. The number of hydrogen-bond acceptors (Lipinski definition) is 1. The Morgan fingerprint density at radius 3 is 2.71 bits per heavy atom. The van der Waals surface area contributed by atoms with Gasteiger partial charge in [-0.3, -0.25) is 0 Å². The third-order valence-electron chi connectivity index (χ3n) is 2.54. The van der Waals surface area contributed by atoms with Gasteiger partial charge in [0, 0.05) is 12.5 Å². The van der Waals surface area contributed by atoms with E-state index in [1.54, 1.807) is 0 Å². The average molecular weight is 218 g/mol. The van der Waals surface area contributed by atoms with Gasteiger partial charge in [-0.2, -0.15) is 0 Å². The molecule has 1 fully saturated rings. The largest absolute Gasteiger partial charge is 0.316 e. The molecule has 1 atom stereocenters.